The molecule has 6 heteroatoms. The number of rotatable bonds is 5. The molecule has 1 fully saturated rings. The van der Waals surface area contributed by atoms with Crippen LogP contribution in [0.25, 0.3) is 0 Å². The second-order valence-electron chi connectivity index (χ2n) is 5.43. The molecule has 1 heterocycles. The van der Waals surface area contributed by atoms with Crippen LogP contribution in [-0.4, -0.2) is 42.2 Å². The molecule has 4 nitrogen and oxygen atoms in total. The summed E-state index contributed by atoms with van der Waals surface area (Å²) in [6.07, 6.45) is 3.01. The highest BCUT2D eigenvalue weighted by Crippen LogP contribution is 2.25. The summed E-state index contributed by atoms with van der Waals surface area (Å²) in [5, 5.41) is 12.7. The van der Waals surface area contributed by atoms with E-state index >= 15 is 0 Å². The molecule has 1 atom stereocenters. The molecule has 0 aliphatic carbocycles. The van der Waals surface area contributed by atoms with Crippen LogP contribution in [0.3, 0.4) is 0 Å². The second kappa shape index (κ2) is 7.99. The van der Waals surface area contributed by atoms with Crippen molar-refractivity contribution in [2.45, 2.75) is 19.3 Å². The Morgan fingerprint density at radius 2 is 2.19 bits per heavy atom. The van der Waals surface area contributed by atoms with E-state index in [1.807, 2.05) is 0 Å². The third-order valence-corrected chi connectivity index (χ3v) is 4.45. The summed E-state index contributed by atoms with van der Waals surface area (Å²) in [6.45, 7) is 2.38. The van der Waals surface area contributed by atoms with E-state index in [9.17, 15) is 4.79 Å². The molecular formula is C15H20Cl2N2O2. The highest BCUT2D eigenvalue weighted by molar-refractivity contribution is 6.42. The molecule has 0 bridgehead atoms. The number of nitrogens with one attached hydrogen (secondary N) is 1. The third-order valence-electron chi connectivity index (χ3n) is 3.71. The lowest BCUT2D eigenvalue weighted by molar-refractivity contribution is -0.117. The van der Waals surface area contributed by atoms with Crippen molar-refractivity contribution in [2.24, 2.45) is 5.92 Å². The Morgan fingerprint density at radius 1 is 1.38 bits per heavy atom. The second-order valence-corrected chi connectivity index (χ2v) is 6.25. The van der Waals surface area contributed by atoms with Gasteiger partial charge in [0.25, 0.3) is 0 Å². The lowest BCUT2D eigenvalue weighted by Gasteiger charge is -2.31. The van der Waals surface area contributed by atoms with Gasteiger partial charge in [0.1, 0.15) is 0 Å². The summed E-state index contributed by atoms with van der Waals surface area (Å²) in [5.74, 6) is 0.430. The van der Waals surface area contributed by atoms with Crippen molar-refractivity contribution in [2.75, 3.05) is 31.6 Å². The number of benzene rings is 1. The van der Waals surface area contributed by atoms with Crippen molar-refractivity contribution >= 4 is 34.8 Å². The van der Waals surface area contributed by atoms with Gasteiger partial charge in [0.15, 0.2) is 0 Å². The molecule has 0 radical (unpaired) electrons. The van der Waals surface area contributed by atoms with Gasteiger partial charge >= 0.3 is 0 Å². The molecule has 1 aromatic rings. The minimum absolute atomic E-state index is 0.0574. The number of hydrogen-bond acceptors (Lipinski definition) is 3. The van der Waals surface area contributed by atoms with Crippen LogP contribution in [0, 0.1) is 5.92 Å². The van der Waals surface area contributed by atoms with E-state index in [0.29, 0.717) is 28.2 Å². The molecular weight excluding hydrogens is 311 g/mol. The first-order valence-electron chi connectivity index (χ1n) is 7.16. The van der Waals surface area contributed by atoms with Crippen molar-refractivity contribution in [3.05, 3.63) is 28.2 Å². The van der Waals surface area contributed by atoms with Gasteiger partial charge in [-0.05, 0) is 49.9 Å². The van der Waals surface area contributed by atoms with E-state index in [-0.39, 0.29) is 12.5 Å². The molecule has 1 aromatic carbocycles. The fourth-order valence-corrected chi connectivity index (χ4v) is 2.99. The van der Waals surface area contributed by atoms with Gasteiger partial charge in [0.2, 0.25) is 5.91 Å². The molecule has 21 heavy (non-hydrogen) atoms. The number of piperidine rings is 1. The molecule has 2 rings (SSSR count). The van der Waals surface area contributed by atoms with Gasteiger partial charge in [-0.2, -0.15) is 0 Å². The summed E-state index contributed by atoms with van der Waals surface area (Å²) in [7, 11) is 0. The molecule has 1 unspecified atom stereocenters. The average molecular weight is 331 g/mol. The minimum Gasteiger partial charge on any atom is -0.396 e. The lowest BCUT2D eigenvalue weighted by Crippen LogP contribution is -2.40. The first-order chi connectivity index (χ1) is 10.1. The van der Waals surface area contributed by atoms with Gasteiger partial charge in [-0.25, -0.2) is 0 Å². The van der Waals surface area contributed by atoms with Crippen molar-refractivity contribution in [3.8, 4) is 0 Å². The maximum Gasteiger partial charge on any atom is 0.238 e. The van der Waals surface area contributed by atoms with Crippen LogP contribution in [0.1, 0.15) is 19.3 Å². The number of carbonyl (C=O) groups is 1. The number of aliphatic hydroxyl groups is 1. The van der Waals surface area contributed by atoms with Gasteiger partial charge < -0.3 is 10.4 Å². The van der Waals surface area contributed by atoms with E-state index < -0.39 is 0 Å². The Bertz CT molecular complexity index is 495. The average Bonchev–Trinajstić information content (AvgIpc) is 2.43. The molecule has 0 saturated carbocycles. The first kappa shape index (κ1) is 16.6. The van der Waals surface area contributed by atoms with E-state index in [2.05, 4.69) is 10.2 Å². The molecule has 1 aliphatic heterocycles. The maximum absolute atomic E-state index is 12.1. The van der Waals surface area contributed by atoms with Crippen LogP contribution in [0.15, 0.2) is 18.2 Å². The highest BCUT2D eigenvalue weighted by Gasteiger charge is 2.21. The van der Waals surface area contributed by atoms with Crippen LogP contribution >= 0.6 is 23.2 Å². The molecule has 1 amide bonds. The molecule has 2 N–H and O–H groups in total. The number of aliphatic hydroxyl groups excluding tert-OH is 1. The Kier molecular flexibility index (Phi) is 6.30. The molecule has 1 saturated heterocycles. The Hall–Kier alpha value is -0.810. The van der Waals surface area contributed by atoms with Gasteiger partial charge in [-0.3, -0.25) is 9.69 Å². The molecule has 0 aromatic heterocycles. The topological polar surface area (TPSA) is 52.6 Å². The van der Waals surface area contributed by atoms with E-state index in [4.69, 9.17) is 28.3 Å². The fraction of sp³-hybridized carbons (Fsp3) is 0.533. The number of amides is 1. The van der Waals surface area contributed by atoms with Crippen molar-refractivity contribution < 1.29 is 9.90 Å². The van der Waals surface area contributed by atoms with Crippen LogP contribution in [-0.2, 0) is 4.79 Å². The van der Waals surface area contributed by atoms with Gasteiger partial charge in [-0.15, -0.1) is 0 Å². The monoisotopic (exact) mass is 330 g/mol. The smallest absolute Gasteiger partial charge is 0.238 e. The van der Waals surface area contributed by atoms with Gasteiger partial charge in [0, 0.05) is 18.8 Å². The number of carbonyl (C=O) groups excluding carboxylic acids is 1. The third kappa shape index (κ3) is 5.15. The number of anilines is 1. The highest BCUT2D eigenvalue weighted by atomic mass is 35.5. The molecule has 1 aliphatic rings. The van der Waals surface area contributed by atoms with Crippen molar-refractivity contribution in [1.29, 1.82) is 0 Å². The summed E-state index contributed by atoms with van der Waals surface area (Å²) in [6, 6.07) is 5.04. The van der Waals surface area contributed by atoms with Crippen LogP contribution in [0.4, 0.5) is 5.69 Å². The van der Waals surface area contributed by atoms with Crippen molar-refractivity contribution in [1.82, 2.24) is 4.90 Å². The van der Waals surface area contributed by atoms with E-state index in [1.165, 1.54) is 0 Å². The van der Waals surface area contributed by atoms with Crippen LogP contribution in [0.5, 0.6) is 0 Å². The zero-order valence-electron chi connectivity index (χ0n) is 11.8. The van der Waals surface area contributed by atoms with Gasteiger partial charge in [0.05, 0.1) is 16.6 Å². The zero-order valence-corrected chi connectivity index (χ0v) is 13.3. The van der Waals surface area contributed by atoms with Crippen LogP contribution in [0.2, 0.25) is 10.0 Å². The number of nitrogens with zero attached hydrogens (tertiary/aromatic N) is 1. The number of likely N-dealkylation sites (tertiary alicyclic amines) is 1. The Balaban J connectivity index is 1.84. The molecule has 0 spiro atoms. The van der Waals surface area contributed by atoms with Crippen LogP contribution < -0.4 is 5.32 Å². The van der Waals surface area contributed by atoms with Gasteiger partial charge in [-0.1, -0.05) is 23.2 Å². The lowest BCUT2D eigenvalue weighted by atomic mass is 9.95. The fourth-order valence-electron chi connectivity index (χ4n) is 2.69. The largest absolute Gasteiger partial charge is 0.396 e. The Labute approximate surface area is 135 Å². The van der Waals surface area contributed by atoms with Crippen molar-refractivity contribution in [3.63, 3.8) is 0 Å². The number of hydrogen-bond donors (Lipinski definition) is 2. The minimum atomic E-state index is -0.0574. The summed E-state index contributed by atoms with van der Waals surface area (Å²) in [5.41, 5.74) is 0.651. The normalized spacial score (nSPS) is 19.5. The zero-order chi connectivity index (χ0) is 15.2. The summed E-state index contributed by atoms with van der Waals surface area (Å²) < 4.78 is 0. The maximum atomic E-state index is 12.1. The number of halogens is 2. The SMILES string of the molecule is O=C(CN1CCCC(CCO)C1)Nc1ccc(Cl)c(Cl)c1. The summed E-state index contributed by atoms with van der Waals surface area (Å²) >= 11 is 11.8. The molecule has 116 valence electrons. The predicted molar refractivity (Wildman–Crippen MR) is 86.0 cm³/mol. The first-order valence-corrected chi connectivity index (χ1v) is 7.92. The predicted octanol–water partition coefficient (Wildman–Crippen LogP) is 3.03. The van der Waals surface area contributed by atoms with E-state index in [1.54, 1.807) is 18.2 Å². The van der Waals surface area contributed by atoms with E-state index in [0.717, 1.165) is 32.4 Å². The standard InChI is InChI=1S/C15H20Cl2N2O2/c16-13-4-3-12(8-14(13)17)18-15(21)10-19-6-1-2-11(9-19)5-7-20/h3-4,8,11,20H,1-2,5-7,9-10H2,(H,18,21). The quantitative estimate of drug-likeness (QED) is 0.872. The Morgan fingerprint density at radius 3 is 2.90 bits per heavy atom. The summed E-state index contributed by atoms with van der Waals surface area (Å²) in [4.78, 5) is 14.2.